The summed E-state index contributed by atoms with van der Waals surface area (Å²) in [5.74, 6) is 2.41. The predicted molar refractivity (Wildman–Crippen MR) is 107 cm³/mol. The molecule has 0 atom stereocenters. The van der Waals surface area contributed by atoms with Gasteiger partial charge >= 0.3 is 0 Å². The molecule has 1 aromatic carbocycles. The van der Waals surface area contributed by atoms with E-state index in [0.717, 1.165) is 28.3 Å². The summed E-state index contributed by atoms with van der Waals surface area (Å²) < 4.78 is 10.8. The van der Waals surface area contributed by atoms with Crippen molar-refractivity contribution >= 4 is 17.5 Å². The van der Waals surface area contributed by atoms with Gasteiger partial charge in [0.15, 0.2) is 11.6 Å². The van der Waals surface area contributed by atoms with Gasteiger partial charge in [-0.15, -0.1) is 0 Å². The molecule has 2 aromatic heterocycles. The van der Waals surface area contributed by atoms with E-state index in [1.54, 1.807) is 33.7 Å². The maximum atomic E-state index is 5.57. The van der Waals surface area contributed by atoms with Gasteiger partial charge in [-0.2, -0.15) is 4.98 Å². The van der Waals surface area contributed by atoms with Crippen molar-refractivity contribution in [2.45, 2.75) is 6.92 Å². The SMILES string of the molecule is CNc1nc(Nc2ccc(-c3ccnc(C)c3)c(OC)c2)ncc1OC.[HH].[HH]. The molecular formula is C19H25N5O2. The molecule has 26 heavy (non-hydrogen) atoms. The summed E-state index contributed by atoms with van der Waals surface area (Å²) >= 11 is 0. The van der Waals surface area contributed by atoms with Gasteiger partial charge < -0.3 is 20.1 Å². The number of methoxy groups -OCH3 is 2. The minimum absolute atomic E-state index is 0. The van der Waals surface area contributed by atoms with Crippen molar-refractivity contribution in [3.05, 3.63) is 48.4 Å². The Morgan fingerprint density at radius 1 is 1.00 bits per heavy atom. The van der Waals surface area contributed by atoms with Gasteiger partial charge in [0.25, 0.3) is 0 Å². The molecule has 3 rings (SSSR count). The van der Waals surface area contributed by atoms with Crippen LogP contribution in [0.15, 0.2) is 42.7 Å². The van der Waals surface area contributed by atoms with E-state index < -0.39 is 0 Å². The zero-order valence-corrected chi connectivity index (χ0v) is 15.2. The van der Waals surface area contributed by atoms with Crippen LogP contribution >= 0.6 is 0 Å². The highest BCUT2D eigenvalue weighted by Gasteiger charge is 2.10. The van der Waals surface area contributed by atoms with Crippen LogP contribution in [0.5, 0.6) is 11.5 Å². The number of ether oxygens (including phenoxy) is 2. The van der Waals surface area contributed by atoms with Crippen molar-refractivity contribution in [3.8, 4) is 22.6 Å². The Balaban J connectivity index is 0.00000196. The quantitative estimate of drug-likeness (QED) is 0.687. The van der Waals surface area contributed by atoms with Crippen LogP contribution in [-0.4, -0.2) is 36.2 Å². The zero-order chi connectivity index (χ0) is 18.5. The summed E-state index contributed by atoms with van der Waals surface area (Å²) in [5.41, 5.74) is 3.83. The van der Waals surface area contributed by atoms with Crippen LogP contribution in [-0.2, 0) is 0 Å². The largest absolute Gasteiger partial charge is 0.496 e. The summed E-state index contributed by atoms with van der Waals surface area (Å²) in [6.45, 7) is 1.96. The summed E-state index contributed by atoms with van der Waals surface area (Å²) in [7, 11) is 5.01. The highest BCUT2D eigenvalue weighted by atomic mass is 16.5. The average molecular weight is 355 g/mol. The second kappa shape index (κ2) is 7.69. The number of aromatic nitrogens is 3. The van der Waals surface area contributed by atoms with Crippen LogP contribution in [0.25, 0.3) is 11.1 Å². The van der Waals surface area contributed by atoms with E-state index in [9.17, 15) is 0 Å². The third-order valence-corrected chi connectivity index (χ3v) is 3.88. The number of aryl methyl sites for hydroxylation is 1. The minimum atomic E-state index is 0. The van der Waals surface area contributed by atoms with Gasteiger partial charge in [-0.05, 0) is 36.8 Å². The smallest absolute Gasteiger partial charge is 0.229 e. The number of nitrogens with one attached hydrogen (secondary N) is 2. The molecular weight excluding hydrogens is 330 g/mol. The third-order valence-electron chi connectivity index (χ3n) is 3.88. The molecule has 0 aliphatic heterocycles. The van der Waals surface area contributed by atoms with Crippen molar-refractivity contribution in [2.75, 3.05) is 31.9 Å². The fourth-order valence-electron chi connectivity index (χ4n) is 2.61. The van der Waals surface area contributed by atoms with Crippen LogP contribution in [0.2, 0.25) is 0 Å². The average Bonchev–Trinajstić information content (AvgIpc) is 2.67. The normalized spacial score (nSPS) is 10.3. The Labute approximate surface area is 155 Å². The van der Waals surface area contributed by atoms with Crippen molar-refractivity contribution < 1.29 is 12.3 Å². The number of anilines is 3. The lowest BCUT2D eigenvalue weighted by molar-refractivity contribution is 0.413. The van der Waals surface area contributed by atoms with Gasteiger partial charge in [-0.25, -0.2) is 4.98 Å². The number of benzene rings is 1. The molecule has 2 heterocycles. The van der Waals surface area contributed by atoms with Gasteiger partial charge in [0, 0.05) is 39.1 Å². The second-order valence-corrected chi connectivity index (χ2v) is 5.59. The molecule has 2 N–H and O–H groups in total. The number of nitrogens with zero attached hydrogens (tertiary/aromatic N) is 3. The first kappa shape index (κ1) is 17.5. The summed E-state index contributed by atoms with van der Waals surface area (Å²) in [6, 6.07) is 9.86. The monoisotopic (exact) mass is 355 g/mol. The number of hydrogen-bond acceptors (Lipinski definition) is 7. The Morgan fingerprint density at radius 3 is 2.50 bits per heavy atom. The molecule has 0 aliphatic rings. The lowest BCUT2D eigenvalue weighted by atomic mass is 10.0. The molecule has 0 fully saturated rings. The lowest BCUT2D eigenvalue weighted by Gasteiger charge is -2.13. The van der Waals surface area contributed by atoms with Crippen molar-refractivity contribution in [3.63, 3.8) is 0 Å². The Hall–Kier alpha value is -3.35. The van der Waals surface area contributed by atoms with Crippen LogP contribution in [0.1, 0.15) is 8.55 Å². The first-order valence-electron chi connectivity index (χ1n) is 8.11. The molecule has 0 radical (unpaired) electrons. The van der Waals surface area contributed by atoms with Gasteiger partial charge in [0.2, 0.25) is 5.95 Å². The molecule has 3 aromatic rings. The van der Waals surface area contributed by atoms with E-state index in [2.05, 4.69) is 25.6 Å². The maximum Gasteiger partial charge on any atom is 0.229 e. The summed E-state index contributed by atoms with van der Waals surface area (Å²) in [6.07, 6.45) is 3.41. The van der Waals surface area contributed by atoms with Gasteiger partial charge in [0.05, 0.1) is 20.4 Å². The molecule has 138 valence electrons. The molecule has 0 spiro atoms. The molecule has 0 saturated heterocycles. The number of hydrogen-bond donors (Lipinski definition) is 2. The molecule has 0 amide bonds. The Bertz CT molecular complexity index is 925. The minimum Gasteiger partial charge on any atom is -0.496 e. The van der Waals surface area contributed by atoms with Crippen molar-refractivity contribution in [2.24, 2.45) is 0 Å². The Kier molecular flexibility index (Phi) is 5.17. The highest BCUT2D eigenvalue weighted by Crippen LogP contribution is 2.33. The third kappa shape index (κ3) is 3.66. The van der Waals surface area contributed by atoms with Crippen molar-refractivity contribution in [1.29, 1.82) is 0 Å². The molecule has 0 saturated carbocycles. The highest BCUT2D eigenvalue weighted by molar-refractivity contribution is 5.74. The lowest BCUT2D eigenvalue weighted by Crippen LogP contribution is -2.03. The first-order chi connectivity index (χ1) is 12.6. The van der Waals surface area contributed by atoms with E-state index >= 15 is 0 Å². The summed E-state index contributed by atoms with van der Waals surface area (Å²) in [4.78, 5) is 12.9. The van der Waals surface area contributed by atoms with Crippen LogP contribution in [0.3, 0.4) is 0 Å². The Morgan fingerprint density at radius 2 is 1.81 bits per heavy atom. The molecule has 0 aliphatic carbocycles. The topological polar surface area (TPSA) is 81.2 Å². The fraction of sp³-hybridized carbons (Fsp3) is 0.211. The van der Waals surface area contributed by atoms with E-state index in [4.69, 9.17) is 9.47 Å². The molecule has 0 bridgehead atoms. The standard InChI is InChI=1S/C19H21N5O2.2H2/c1-12-9-13(7-8-21-12)15-6-5-14(10-16(15)25-3)23-19-22-11-17(26-4)18(20-2)24-19;;/h5-11H,1-4H3,(H2,20,22,23,24);2*1H. The van der Waals surface area contributed by atoms with E-state index in [1.165, 1.54) is 0 Å². The van der Waals surface area contributed by atoms with E-state index in [0.29, 0.717) is 17.5 Å². The van der Waals surface area contributed by atoms with E-state index in [1.807, 2.05) is 37.3 Å². The maximum absolute atomic E-state index is 5.57. The predicted octanol–water partition coefficient (Wildman–Crippen LogP) is 4.14. The second-order valence-electron chi connectivity index (χ2n) is 5.59. The van der Waals surface area contributed by atoms with Crippen LogP contribution in [0.4, 0.5) is 17.5 Å². The summed E-state index contributed by atoms with van der Waals surface area (Å²) in [5, 5.41) is 6.17. The fourth-order valence-corrected chi connectivity index (χ4v) is 2.61. The van der Waals surface area contributed by atoms with Crippen molar-refractivity contribution in [1.82, 2.24) is 15.0 Å². The van der Waals surface area contributed by atoms with Gasteiger partial charge in [-0.1, -0.05) is 0 Å². The number of rotatable bonds is 6. The van der Waals surface area contributed by atoms with Crippen LogP contribution < -0.4 is 20.1 Å². The van der Waals surface area contributed by atoms with Crippen LogP contribution in [0, 0.1) is 6.92 Å². The van der Waals surface area contributed by atoms with Gasteiger partial charge in [-0.3, -0.25) is 4.98 Å². The molecule has 7 nitrogen and oxygen atoms in total. The van der Waals surface area contributed by atoms with Gasteiger partial charge in [0.1, 0.15) is 5.75 Å². The first-order valence-corrected chi connectivity index (χ1v) is 8.11. The number of pyridine rings is 1. The van der Waals surface area contributed by atoms with E-state index in [-0.39, 0.29) is 2.85 Å². The molecule has 7 heteroatoms. The zero-order valence-electron chi connectivity index (χ0n) is 15.2. The molecule has 0 unspecified atom stereocenters.